The number of nitrogens with one attached hydrogen (secondary N) is 1. The smallest absolute Gasteiger partial charge is 0.221 e. The van der Waals surface area contributed by atoms with E-state index in [1.54, 1.807) is 24.3 Å². The first-order valence-corrected chi connectivity index (χ1v) is 7.18. The standard InChI is InChI=1S/C10H13ClN2O2S2/c1-7(10(12)16)17(14,15)13-6-8-2-4-9(11)5-3-8/h2-5,7,13H,6H2,1H3,(H2,12,16). The number of rotatable bonds is 5. The van der Waals surface area contributed by atoms with Gasteiger partial charge >= 0.3 is 0 Å². The van der Waals surface area contributed by atoms with E-state index >= 15 is 0 Å². The SMILES string of the molecule is CC(C(N)=S)S(=O)(=O)NCc1ccc(Cl)cc1. The summed E-state index contributed by atoms with van der Waals surface area (Å²) in [6.07, 6.45) is 0. The van der Waals surface area contributed by atoms with Crippen molar-refractivity contribution in [2.24, 2.45) is 5.73 Å². The highest BCUT2D eigenvalue weighted by Crippen LogP contribution is 2.10. The third kappa shape index (κ3) is 4.23. The van der Waals surface area contributed by atoms with Crippen LogP contribution in [-0.4, -0.2) is 18.7 Å². The molecule has 1 unspecified atom stereocenters. The predicted molar refractivity (Wildman–Crippen MR) is 73.5 cm³/mol. The highest BCUT2D eigenvalue weighted by Gasteiger charge is 2.22. The molecule has 4 nitrogen and oxygen atoms in total. The lowest BCUT2D eigenvalue weighted by atomic mass is 10.2. The molecule has 0 fully saturated rings. The Kier molecular flexibility index (Phi) is 4.88. The van der Waals surface area contributed by atoms with Crippen molar-refractivity contribution < 1.29 is 8.42 Å². The van der Waals surface area contributed by atoms with E-state index in [4.69, 9.17) is 17.3 Å². The molecule has 0 saturated carbocycles. The summed E-state index contributed by atoms with van der Waals surface area (Å²) in [5.41, 5.74) is 6.12. The molecular formula is C10H13ClN2O2S2. The number of thiocarbonyl (C=S) groups is 1. The minimum atomic E-state index is -3.52. The third-order valence-electron chi connectivity index (χ3n) is 2.26. The van der Waals surface area contributed by atoms with E-state index < -0.39 is 15.3 Å². The second-order valence-electron chi connectivity index (χ2n) is 3.54. The highest BCUT2D eigenvalue weighted by atomic mass is 35.5. The number of hydrogen-bond acceptors (Lipinski definition) is 3. The number of benzene rings is 1. The minimum absolute atomic E-state index is 0.0476. The van der Waals surface area contributed by atoms with E-state index in [0.29, 0.717) is 5.02 Å². The van der Waals surface area contributed by atoms with E-state index in [-0.39, 0.29) is 11.5 Å². The van der Waals surface area contributed by atoms with Gasteiger partial charge in [0.15, 0.2) is 0 Å². The molecule has 7 heteroatoms. The van der Waals surface area contributed by atoms with Gasteiger partial charge in [-0.25, -0.2) is 13.1 Å². The van der Waals surface area contributed by atoms with Gasteiger partial charge in [-0.2, -0.15) is 0 Å². The molecule has 0 aliphatic rings. The van der Waals surface area contributed by atoms with Crippen LogP contribution in [0.25, 0.3) is 0 Å². The van der Waals surface area contributed by atoms with Crippen molar-refractivity contribution in [3.63, 3.8) is 0 Å². The number of halogens is 1. The summed E-state index contributed by atoms with van der Waals surface area (Å²) in [7, 11) is -3.52. The van der Waals surface area contributed by atoms with Crippen LogP contribution >= 0.6 is 23.8 Å². The van der Waals surface area contributed by atoms with Gasteiger partial charge in [0.25, 0.3) is 0 Å². The molecule has 0 heterocycles. The molecule has 0 radical (unpaired) electrons. The zero-order valence-corrected chi connectivity index (χ0v) is 11.6. The second kappa shape index (κ2) is 5.77. The summed E-state index contributed by atoms with van der Waals surface area (Å²) < 4.78 is 25.9. The maximum atomic E-state index is 11.7. The van der Waals surface area contributed by atoms with Crippen LogP contribution in [0.1, 0.15) is 12.5 Å². The monoisotopic (exact) mass is 292 g/mol. The van der Waals surface area contributed by atoms with E-state index in [1.165, 1.54) is 6.92 Å². The molecule has 0 aromatic heterocycles. The first kappa shape index (κ1) is 14.4. The molecule has 3 N–H and O–H groups in total. The summed E-state index contributed by atoms with van der Waals surface area (Å²) >= 11 is 10.4. The van der Waals surface area contributed by atoms with Crippen LogP contribution in [0.15, 0.2) is 24.3 Å². The molecule has 94 valence electrons. The normalized spacial score (nSPS) is 13.3. The van der Waals surface area contributed by atoms with Crippen molar-refractivity contribution in [2.75, 3.05) is 0 Å². The van der Waals surface area contributed by atoms with Crippen molar-refractivity contribution in [2.45, 2.75) is 18.7 Å². The number of hydrogen-bond donors (Lipinski definition) is 2. The van der Waals surface area contributed by atoms with E-state index in [1.807, 2.05) is 0 Å². The van der Waals surface area contributed by atoms with Gasteiger partial charge in [-0.3, -0.25) is 0 Å². The molecule has 1 aromatic carbocycles. The first-order valence-electron chi connectivity index (χ1n) is 4.85. The Morgan fingerprint density at radius 3 is 2.47 bits per heavy atom. The van der Waals surface area contributed by atoms with E-state index in [0.717, 1.165) is 5.56 Å². The second-order valence-corrected chi connectivity index (χ2v) is 6.53. The first-order chi connectivity index (χ1) is 7.83. The summed E-state index contributed by atoms with van der Waals surface area (Å²) in [6.45, 7) is 1.64. The lowest BCUT2D eigenvalue weighted by molar-refractivity contribution is 0.578. The van der Waals surface area contributed by atoms with E-state index in [2.05, 4.69) is 16.9 Å². The predicted octanol–water partition coefficient (Wildman–Crippen LogP) is 1.43. The number of sulfonamides is 1. The average Bonchev–Trinajstić information content (AvgIpc) is 2.27. The molecule has 1 aromatic rings. The van der Waals surface area contributed by atoms with Crippen LogP contribution in [0.5, 0.6) is 0 Å². The topological polar surface area (TPSA) is 72.2 Å². The Morgan fingerprint density at radius 1 is 1.47 bits per heavy atom. The van der Waals surface area contributed by atoms with E-state index in [9.17, 15) is 8.42 Å². The quantitative estimate of drug-likeness (QED) is 0.806. The summed E-state index contributed by atoms with van der Waals surface area (Å²) in [5, 5.41) is -0.280. The van der Waals surface area contributed by atoms with Gasteiger partial charge in [0.1, 0.15) is 5.25 Å². The largest absolute Gasteiger partial charge is 0.392 e. The Labute approximate surface area is 111 Å². The van der Waals surface area contributed by atoms with Gasteiger partial charge in [0, 0.05) is 11.6 Å². The maximum absolute atomic E-state index is 11.7. The Morgan fingerprint density at radius 2 is 2.00 bits per heavy atom. The average molecular weight is 293 g/mol. The Balaban J connectivity index is 2.68. The zero-order chi connectivity index (χ0) is 13.1. The molecule has 0 amide bonds. The summed E-state index contributed by atoms with van der Waals surface area (Å²) in [4.78, 5) is -0.0476. The van der Waals surface area contributed by atoms with Gasteiger partial charge in [-0.1, -0.05) is 36.0 Å². The summed E-state index contributed by atoms with van der Waals surface area (Å²) in [6, 6.07) is 6.89. The minimum Gasteiger partial charge on any atom is -0.392 e. The highest BCUT2D eigenvalue weighted by molar-refractivity contribution is 7.93. The molecule has 0 aliphatic heterocycles. The van der Waals surface area contributed by atoms with Crippen LogP contribution < -0.4 is 10.5 Å². The summed E-state index contributed by atoms with van der Waals surface area (Å²) in [5.74, 6) is 0. The van der Waals surface area contributed by atoms with Gasteiger partial charge in [-0.05, 0) is 24.6 Å². The lowest BCUT2D eigenvalue weighted by Gasteiger charge is -2.12. The van der Waals surface area contributed by atoms with Crippen molar-refractivity contribution in [1.29, 1.82) is 0 Å². The third-order valence-corrected chi connectivity index (χ3v) is 4.74. The molecular weight excluding hydrogens is 280 g/mol. The van der Waals surface area contributed by atoms with Crippen molar-refractivity contribution >= 4 is 38.8 Å². The van der Waals surface area contributed by atoms with Crippen LogP contribution in [0.4, 0.5) is 0 Å². The van der Waals surface area contributed by atoms with Gasteiger partial charge in [-0.15, -0.1) is 0 Å². The molecule has 0 spiro atoms. The van der Waals surface area contributed by atoms with Crippen molar-refractivity contribution in [3.8, 4) is 0 Å². The van der Waals surface area contributed by atoms with Crippen molar-refractivity contribution in [3.05, 3.63) is 34.9 Å². The lowest BCUT2D eigenvalue weighted by Crippen LogP contribution is -2.39. The maximum Gasteiger partial charge on any atom is 0.221 e. The fraction of sp³-hybridized carbons (Fsp3) is 0.300. The van der Waals surface area contributed by atoms with Crippen LogP contribution in [0, 0.1) is 0 Å². The Hall–Kier alpha value is -0.690. The molecule has 0 saturated heterocycles. The Bertz CT molecular complexity index is 500. The fourth-order valence-electron chi connectivity index (χ4n) is 1.06. The zero-order valence-electron chi connectivity index (χ0n) is 9.18. The van der Waals surface area contributed by atoms with Gasteiger partial charge in [0.05, 0.1) is 4.99 Å². The number of nitrogens with two attached hydrogens (primary N) is 1. The van der Waals surface area contributed by atoms with Gasteiger partial charge < -0.3 is 5.73 Å². The molecule has 0 aliphatic carbocycles. The van der Waals surface area contributed by atoms with Gasteiger partial charge in [0.2, 0.25) is 10.0 Å². The molecule has 17 heavy (non-hydrogen) atoms. The molecule has 1 atom stereocenters. The molecule has 0 bridgehead atoms. The molecule has 1 rings (SSSR count). The van der Waals surface area contributed by atoms with Crippen LogP contribution in [0.2, 0.25) is 5.02 Å². The fourth-order valence-corrected chi connectivity index (χ4v) is 2.49. The van der Waals surface area contributed by atoms with Crippen molar-refractivity contribution in [1.82, 2.24) is 4.72 Å². The van der Waals surface area contributed by atoms with Crippen LogP contribution in [0.3, 0.4) is 0 Å². The van der Waals surface area contributed by atoms with Crippen LogP contribution in [-0.2, 0) is 16.6 Å².